The highest BCUT2D eigenvalue weighted by molar-refractivity contribution is 6.07. The molecule has 0 aliphatic carbocycles. The molecule has 2 fully saturated rings. The molecule has 3 heterocycles. The van der Waals surface area contributed by atoms with Crippen molar-refractivity contribution in [3.05, 3.63) is 77.5 Å². The number of pyridine rings is 1. The summed E-state index contributed by atoms with van der Waals surface area (Å²) in [4.78, 5) is 42.6. The summed E-state index contributed by atoms with van der Waals surface area (Å²) < 4.78 is 11.5. The van der Waals surface area contributed by atoms with Crippen molar-refractivity contribution in [3.63, 3.8) is 0 Å². The smallest absolute Gasteiger partial charge is 0.255 e. The average Bonchev–Trinajstić information content (AvgIpc) is 3.12. The molecule has 50 heavy (non-hydrogen) atoms. The maximum Gasteiger partial charge on any atom is 0.255 e. The number of anilines is 3. The number of morpholine rings is 1. The van der Waals surface area contributed by atoms with Gasteiger partial charge in [0.2, 0.25) is 0 Å². The van der Waals surface area contributed by atoms with Gasteiger partial charge in [-0.05, 0) is 115 Å². The second kappa shape index (κ2) is 21.7. The van der Waals surface area contributed by atoms with Gasteiger partial charge >= 0.3 is 0 Å². The summed E-state index contributed by atoms with van der Waals surface area (Å²) in [7, 11) is 4.12. The first kappa shape index (κ1) is 40.1. The Balaban J connectivity index is 0.000000488. The quantitative estimate of drug-likeness (QED) is 0.168. The Morgan fingerprint density at radius 1 is 1.02 bits per heavy atom. The monoisotopic (exact) mass is 706 g/mol. The molecule has 2 amide bonds. The number of aliphatic imine (C=N–C) groups is 2. The van der Waals surface area contributed by atoms with Gasteiger partial charge in [-0.25, -0.2) is 15.0 Å². The minimum Gasteiger partial charge on any atom is -0.490 e. The van der Waals surface area contributed by atoms with Gasteiger partial charge < -0.3 is 35.2 Å². The summed E-state index contributed by atoms with van der Waals surface area (Å²) >= 11 is 0. The third kappa shape index (κ3) is 13.5. The molecule has 0 unspecified atom stereocenters. The Morgan fingerprint density at radius 2 is 1.76 bits per heavy atom. The van der Waals surface area contributed by atoms with Gasteiger partial charge in [0.15, 0.2) is 0 Å². The van der Waals surface area contributed by atoms with E-state index in [-0.39, 0.29) is 30.3 Å². The van der Waals surface area contributed by atoms with Crippen LogP contribution >= 0.6 is 12.4 Å². The lowest BCUT2D eigenvalue weighted by molar-refractivity contribution is 0.101. The molecule has 0 radical (unpaired) electrons. The summed E-state index contributed by atoms with van der Waals surface area (Å²) in [5.74, 6) is 0.961. The molecule has 0 atom stereocenters. The molecule has 3 N–H and O–H groups in total. The van der Waals surface area contributed by atoms with E-state index in [1.54, 1.807) is 36.5 Å². The number of hydrogen-bond acceptors (Lipinski definition) is 10. The van der Waals surface area contributed by atoms with Gasteiger partial charge in [-0.1, -0.05) is 12.1 Å². The van der Waals surface area contributed by atoms with Gasteiger partial charge in [0.05, 0.1) is 25.8 Å². The number of nitrogens with zero attached hydrogens (tertiary/aromatic N) is 5. The minimum absolute atomic E-state index is 0. The van der Waals surface area contributed by atoms with Crippen molar-refractivity contribution in [2.75, 3.05) is 88.7 Å². The van der Waals surface area contributed by atoms with E-state index in [0.29, 0.717) is 41.5 Å². The molecule has 1 aromatic heterocycles. The van der Waals surface area contributed by atoms with Crippen LogP contribution in [0.1, 0.15) is 52.5 Å². The number of nitrogens with one attached hydrogen (secondary N) is 3. The molecule has 2 aliphatic rings. The van der Waals surface area contributed by atoms with Crippen molar-refractivity contribution in [2.24, 2.45) is 9.98 Å². The van der Waals surface area contributed by atoms with Gasteiger partial charge in [0, 0.05) is 48.3 Å². The van der Waals surface area contributed by atoms with Crippen LogP contribution in [0.25, 0.3) is 0 Å². The number of amides is 2. The van der Waals surface area contributed by atoms with Crippen LogP contribution in [0.5, 0.6) is 5.75 Å². The van der Waals surface area contributed by atoms with E-state index >= 15 is 0 Å². The topological polar surface area (TPSA) is 133 Å². The largest absolute Gasteiger partial charge is 0.490 e. The standard InChI is InChI=1S/C29H33N5O4.C8H17N3.ClH/c1-20-5-6-23(32-28(35)22-7-12-31-27(18-22)34-13-15-37-16-14-34)19-26(20)33-29(36)21-3-2-4-25(17-21)38-24-8-10-30-11-9-24;1-4-9-8-10-6-5-7-11(2)3;/h2-7,12,17-19,24,30H,8-11,13-16H2,1H3,(H,32,35)(H,33,36);4-7H2,1-3H3;1H. The molecule has 2 aliphatic heterocycles. The summed E-state index contributed by atoms with van der Waals surface area (Å²) in [6.45, 7) is 11.2. The van der Waals surface area contributed by atoms with Gasteiger partial charge in [0.25, 0.3) is 11.8 Å². The number of benzene rings is 2. The van der Waals surface area contributed by atoms with Crippen LogP contribution in [-0.4, -0.2) is 107 Å². The van der Waals surface area contributed by atoms with Gasteiger partial charge in [-0.15, -0.1) is 12.4 Å². The minimum atomic E-state index is -0.245. The number of carbonyl (C=O) groups excluding carboxylic acids is 2. The molecule has 2 saturated heterocycles. The average molecular weight is 707 g/mol. The molecular weight excluding hydrogens is 656 g/mol. The van der Waals surface area contributed by atoms with Crippen LogP contribution in [-0.2, 0) is 4.74 Å². The van der Waals surface area contributed by atoms with Gasteiger partial charge in [-0.2, -0.15) is 0 Å². The van der Waals surface area contributed by atoms with Crippen LogP contribution in [0, 0.1) is 6.92 Å². The van der Waals surface area contributed by atoms with Crippen molar-refractivity contribution in [3.8, 4) is 5.75 Å². The first-order chi connectivity index (χ1) is 23.8. The first-order valence-electron chi connectivity index (χ1n) is 17.0. The number of rotatable bonds is 12. The molecule has 0 spiro atoms. The van der Waals surface area contributed by atoms with Crippen molar-refractivity contribution < 1.29 is 19.1 Å². The highest BCUT2D eigenvalue weighted by Crippen LogP contribution is 2.24. The maximum absolute atomic E-state index is 13.1. The molecule has 270 valence electrons. The lowest BCUT2D eigenvalue weighted by Gasteiger charge is -2.27. The zero-order valence-corrected chi connectivity index (χ0v) is 30.4. The number of aromatic nitrogens is 1. The zero-order valence-electron chi connectivity index (χ0n) is 29.6. The van der Waals surface area contributed by atoms with Crippen molar-refractivity contribution >= 4 is 47.4 Å². The molecule has 3 aromatic rings. The molecule has 0 saturated carbocycles. The Morgan fingerprint density at radius 3 is 2.50 bits per heavy atom. The third-order valence-corrected chi connectivity index (χ3v) is 7.95. The second-order valence-electron chi connectivity index (χ2n) is 12.1. The van der Waals surface area contributed by atoms with Crippen LogP contribution < -0.4 is 25.6 Å². The Labute approximate surface area is 302 Å². The fourth-order valence-electron chi connectivity index (χ4n) is 5.21. The van der Waals surface area contributed by atoms with Crippen LogP contribution in [0.3, 0.4) is 0 Å². The highest BCUT2D eigenvalue weighted by atomic mass is 35.5. The number of piperidine rings is 1. The van der Waals surface area contributed by atoms with Gasteiger partial charge in [0.1, 0.15) is 17.7 Å². The van der Waals surface area contributed by atoms with E-state index in [2.05, 4.69) is 60.8 Å². The summed E-state index contributed by atoms with van der Waals surface area (Å²) in [6.07, 6.45) is 4.77. The number of aryl methyl sites for hydroxylation is 1. The molecule has 5 rings (SSSR count). The van der Waals surface area contributed by atoms with Gasteiger partial charge in [-0.3, -0.25) is 9.59 Å². The highest BCUT2D eigenvalue weighted by Gasteiger charge is 2.17. The fourth-order valence-corrected chi connectivity index (χ4v) is 5.21. The van der Waals surface area contributed by atoms with Crippen LogP contribution in [0.15, 0.2) is 70.8 Å². The van der Waals surface area contributed by atoms with Crippen molar-refractivity contribution in [1.82, 2.24) is 15.2 Å². The lowest BCUT2D eigenvalue weighted by Crippen LogP contribution is -2.36. The summed E-state index contributed by atoms with van der Waals surface area (Å²) in [5.41, 5.74) is 3.12. The summed E-state index contributed by atoms with van der Waals surface area (Å²) in [6, 6.07) is 18.8. The number of hydrogen-bond donors (Lipinski definition) is 3. The second-order valence-corrected chi connectivity index (χ2v) is 12.1. The zero-order chi connectivity index (χ0) is 34.8. The van der Waals surface area contributed by atoms with E-state index in [9.17, 15) is 9.59 Å². The molecule has 2 aromatic carbocycles. The number of halogens is 1. The van der Waals surface area contributed by atoms with Crippen molar-refractivity contribution in [1.29, 1.82) is 0 Å². The predicted octanol–water partition coefficient (Wildman–Crippen LogP) is 5.42. The molecule has 13 heteroatoms. The SMILES string of the molecule is CCN=C=NCCCN(C)C.Cc1ccc(NC(=O)c2ccnc(N3CCOCC3)c2)cc1NC(=O)c1cccc(OC2CCNCC2)c1.Cl. The summed E-state index contributed by atoms with van der Waals surface area (Å²) in [5, 5.41) is 9.24. The third-order valence-electron chi connectivity index (χ3n) is 7.95. The molecule has 12 nitrogen and oxygen atoms in total. The first-order valence-corrected chi connectivity index (χ1v) is 17.0. The normalized spacial score (nSPS) is 14.3. The van der Waals surface area contributed by atoms with E-state index in [4.69, 9.17) is 9.47 Å². The lowest BCUT2D eigenvalue weighted by atomic mass is 10.1. The number of ether oxygens (including phenoxy) is 2. The van der Waals surface area contributed by atoms with E-state index < -0.39 is 0 Å². The molecular formula is C37H51ClN8O4. The maximum atomic E-state index is 13.1. The number of carbonyl (C=O) groups is 2. The van der Waals surface area contributed by atoms with Crippen LogP contribution in [0.2, 0.25) is 0 Å². The Hall–Kier alpha value is -4.32. The molecule has 0 bridgehead atoms. The Bertz CT molecular complexity index is 1570. The van der Waals surface area contributed by atoms with Crippen LogP contribution in [0.4, 0.5) is 17.2 Å². The van der Waals surface area contributed by atoms with Crippen molar-refractivity contribution in [2.45, 2.75) is 39.2 Å². The fraction of sp³-hybridized carbons (Fsp3) is 0.459. The van der Waals surface area contributed by atoms with E-state index in [1.807, 2.05) is 38.1 Å². The van der Waals surface area contributed by atoms with E-state index in [0.717, 1.165) is 76.5 Å². The van der Waals surface area contributed by atoms with E-state index in [1.165, 1.54) is 0 Å². The Kier molecular flexibility index (Phi) is 17.4. The predicted molar refractivity (Wildman–Crippen MR) is 203 cm³/mol.